The Balaban J connectivity index is 1.74. The Bertz CT molecular complexity index is 886. The maximum absolute atomic E-state index is 12.8. The second-order valence-electron chi connectivity index (χ2n) is 6.65. The molecule has 7 nitrogen and oxygen atoms in total. The second kappa shape index (κ2) is 7.99. The third-order valence-electron chi connectivity index (χ3n) is 4.58. The number of fused-ring (bicyclic) bond motifs is 3. The number of nitrogens with one attached hydrogen (secondary N) is 2. The van der Waals surface area contributed by atoms with Crippen LogP contribution in [0.5, 0.6) is 0 Å². The van der Waals surface area contributed by atoms with Gasteiger partial charge in [0.2, 0.25) is 11.8 Å². The Kier molecular flexibility index (Phi) is 5.70. The molecule has 0 saturated heterocycles. The van der Waals surface area contributed by atoms with Crippen LogP contribution in [0.2, 0.25) is 0 Å². The molecule has 0 unspecified atom stereocenters. The van der Waals surface area contributed by atoms with E-state index in [2.05, 4.69) is 15.6 Å². The van der Waals surface area contributed by atoms with Gasteiger partial charge in [-0.15, -0.1) is 11.3 Å². The van der Waals surface area contributed by atoms with E-state index in [4.69, 9.17) is 0 Å². The summed E-state index contributed by atoms with van der Waals surface area (Å²) in [7, 11) is 0. The molecule has 2 aromatic heterocycles. The molecule has 3 rings (SSSR count). The van der Waals surface area contributed by atoms with Crippen molar-refractivity contribution in [1.82, 2.24) is 20.2 Å². The van der Waals surface area contributed by atoms with E-state index in [0.29, 0.717) is 11.9 Å². The summed E-state index contributed by atoms with van der Waals surface area (Å²) in [6.45, 7) is 4.02. The average Bonchev–Trinajstić information content (AvgIpc) is 3.01. The van der Waals surface area contributed by atoms with E-state index < -0.39 is 6.04 Å². The first kappa shape index (κ1) is 18.6. The van der Waals surface area contributed by atoms with E-state index >= 15 is 0 Å². The molecular weight excluding hydrogens is 352 g/mol. The van der Waals surface area contributed by atoms with Crippen molar-refractivity contribution in [3.8, 4) is 0 Å². The lowest BCUT2D eigenvalue weighted by Crippen LogP contribution is -2.46. The standard InChI is InChI=1S/C18H24N4O3S/c1-3-8-19-16(24)11(2)21-14(23)9-22-10-20-17-15(18(22)25)12-6-4-5-7-13(12)26-17/h10-11H,3-9H2,1-2H3,(H,19,24)(H,21,23)/t11-/m0/s1. The summed E-state index contributed by atoms with van der Waals surface area (Å²) in [5.74, 6) is -0.607. The van der Waals surface area contributed by atoms with Crippen LogP contribution in [-0.4, -0.2) is 34.0 Å². The van der Waals surface area contributed by atoms with Gasteiger partial charge in [0.1, 0.15) is 17.4 Å². The topological polar surface area (TPSA) is 93.1 Å². The molecule has 8 heteroatoms. The highest BCUT2D eigenvalue weighted by molar-refractivity contribution is 7.18. The molecule has 2 aromatic rings. The van der Waals surface area contributed by atoms with Crippen molar-refractivity contribution in [2.24, 2.45) is 0 Å². The fourth-order valence-electron chi connectivity index (χ4n) is 3.20. The van der Waals surface area contributed by atoms with Crippen LogP contribution < -0.4 is 16.2 Å². The van der Waals surface area contributed by atoms with Crippen molar-refractivity contribution in [3.63, 3.8) is 0 Å². The zero-order valence-corrected chi connectivity index (χ0v) is 15.9. The highest BCUT2D eigenvalue weighted by Gasteiger charge is 2.21. The minimum absolute atomic E-state index is 0.141. The molecule has 2 amide bonds. The SMILES string of the molecule is CCCNC(=O)[C@H](C)NC(=O)Cn1cnc2sc3c(c2c1=O)CCCC3. The number of hydrogen-bond donors (Lipinski definition) is 2. The Hall–Kier alpha value is -2.22. The molecule has 1 atom stereocenters. The molecule has 2 heterocycles. The summed E-state index contributed by atoms with van der Waals surface area (Å²) in [5.41, 5.74) is 0.934. The maximum Gasteiger partial charge on any atom is 0.262 e. The summed E-state index contributed by atoms with van der Waals surface area (Å²) in [6.07, 6.45) is 6.39. The predicted octanol–water partition coefficient (Wildman–Crippen LogP) is 1.37. The first-order chi connectivity index (χ1) is 12.5. The molecule has 0 aliphatic heterocycles. The summed E-state index contributed by atoms with van der Waals surface area (Å²) < 4.78 is 1.33. The van der Waals surface area contributed by atoms with Crippen molar-refractivity contribution >= 4 is 33.4 Å². The Morgan fingerprint density at radius 2 is 2.12 bits per heavy atom. The first-order valence-corrected chi connectivity index (χ1v) is 9.89. The number of aryl methyl sites for hydroxylation is 2. The maximum atomic E-state index is 12.8. The molecular formula is C18H24N4O3S. The largest absolute Gasteiger partial charge is 0.354 e. The van der Waals surface area contributed by atoms with Crippen molar-refractivity contribution in [2.75, 3.05) is 6.54 Å². The minimum atomic E-state index is -0.643. The van der Waals surface area contributed by atoms with E-state index in [9.17, 15) is 14.4 Å². The van der Waals surface area contributed by atoms with Gasteiger partial charge in [0, 0.05) is 11.4 Å². The molecule has 1 aliphatic carbocycles. The molecule has 0 spiro atoms. The van der Waals surface area contributed by atoms with Crippen LogP contribution >= 0.6 is 11.3 Å². The summed E-state index contributed by atoms with van der Waals surface area (Å²) >= 11 is 1.59. The highest BCUT2D eigenvalue weighted by atomic mass is 32.1. The quantitative estimate of drug-likeness (QED) is 0.796. The van der Waals surface area contributed by atoms with Crippen LogP contribution in [0.25, 0.3) is 10.2 Å². The van der Waals surface area contributed by atoms with Crippen LogP contribution in [0.4, 0.5) is 0 Å². The zero-order chi connectivity index (χ0) is 18.7. The third-order valence-corrected chi connectivity index (χ3v) is 5.78. The Labute approximate surface area is 155 Å². The summed E-state index contributed by atoms with van der Waals surface area (Å²) in [6, 6.07) is -0.643. The molecule has 0 saturated carbocycles. The van der Waals surface area contributed by atoms with Crippen LogP contribution in [-0.2, 0) is 29.0 Å². The Morgan fingerprint density at radius 1 is 1.35 bits per heavy atom. The summed E-state index contributed by atoms with van der Waals surface area (Å²) in [4.78, 5) is 43.3. The third kappa shape index (κ3) is 3.80. The number of hydrogen-bond acceptors (Lipinski definition) is 5. The van der Waals surface area contributed by atoms with Crippen LogP contribution in [0.15, 0.2) is 11.1 Å². The van der Waals surface area contributed by atoms with Crippen molar-refractivity contribution in [2.45, 2.75) is 58.5 Å². The van der Waals surface area contributed by atoms with Crippen molar-refractivity contribution < 1.29 is 9.59 Å². The fraction of sp³-hybridized carbons (Fsp3) is 0.556. The molecule has 140 valence electrons. The van der Waals surface area contributed by atoms with E-state index in [1.807, 2.05) is 6.92 Å². The smallest absolute Gasteiger partial charge is 0.262 e. The van der Waals surface area contributed by atoms with E-state index in [-0.39, 0.29) is 23.9 Å². The van der Waals surface area contributed by atoms with Gasteiger partial charge < -0.3 is 10.6 Å². The predicted molar refractivity (Wildman–Crippen MR) is 101 cm³/mol. The molecule has 0 radical (unpaired) electrons. The summed E-state index contributed by atoms with van der Waals surface area (Å²) in [5, 5.41) is 6.03. The first-order valence-electron chi connectivity index (χ1n) is 9.08. The number of nitrogens with zero attached hydrogens (tertiary/aromatic N) is 2. The molecule has 0 bridgehead atoms. The van der Waals surface area contributed by atoms with Gasteiger partial charge in [0.15, 0.2) is 0 Å². The fourth-order valence-corrected chi connectivity index (χ4v) is 4.42. The number of amides is 2. The number of rotatable bonds is 6. The van der Waals surface area contributed by atoms with E-state index in [1.165, 1.54) is 15.8 Å². The number of aromatic nitrogens is 2. The number of thiophene rings is 1. The lowest BCUT2D eigenvalue weighted by molar-refractivity contribution is -0.128. The van der Waals surface area contributed by atoms with Crippen molar-refractivity contribution in [3.05, 3.63) is 27.1 Å². The van der Waals surface area contributed by atoms with Gasteiger partial charge >= 0.3 is 0 Å². The van der Waals surface area contributed by atoms with Gasteiger partial charge in [0.25, 0.3) is 5.56 Å². The van der Waals surface area contributed by atoms with Gasteiger partial charge in [0.05, 0.1) is 11.7 Å². The van der Waals surface area contributed by atoms with E-state index in [1.54, 1.807) is 18.3 Å². The molecule has 0 fully saturated rings. The van der Waals surface area contributed by atoms with Gasteiger partial charge in [-0.2, -0.15) is 0 Å². The van der Waals surface area contributed by atoms with Gasteiger partial charge in [-0.25, -0.2) is 4.98 Å². The van der Waals surface area contributed by atoms with Crippen LogP contribution in [0, 0.1) is 0 Å². The minimum Gasteiger partial charge on any atom is -0.354 e. The normalized spacial score (nSPS) is 14.7. The highest BCUT2D eigenvalue weighted by Crippen LogP contribution is 2.33. The van der Waals surface area contributed by atoms with Gasteiger partial charge in [-0.05, 0) is 44.6 Å². The lowest BCUT2D eigenvalue weighted by Gasteiger charge is -2.14. The van der Waals surface area contributed by atoms with E-state index in [0.717, 1.165) is 42.5 Å². The molecule has 26 heavy (non-hydrogen) atoms. The number of carbonyl (C=O) groups excluding carboxylic acids is 2. The monoisotopic (exact) mass is 376 g/mol. The number of carbonyl (C=O) groups is 2. The van der Waals surface area contributed by atoms with Gasteiger partial charge in [-0.1, -0.05) is 6.92 Å². The Morgan fingerprint density at radius 3 is 2.88 bits per heavy atom. The molecule has 2 N–H and O–H groups in total. The average molecular weight is 376 g/mol. The van der Waals surface area contributed by atoms with Crippen LogP contribution in [0.1, 0.15) is 43.6 Å². The lowest BCUT2D eigenvalue weighted by atomic mass is 9.97. The van der Waals surface area contributed by atoms with Crippen molar-refractivity contribution in [1.29, 1.82) is 0 Å². The second-order valence-corrected chi connectivity index (χ2v) is 7.73. The molecule has 0 aromatic carbocycles. The zero-order valence-electron chi connectivity index (χ0n) is 15.1. The molecule has 1 aliphatic rings. The van der Waals surface area contributed by atoms with Gasteiger partial charge in [-0.3, -0.25) is 19.0 Å². The van der Waals surface area contributed by atoms with Crippen LogP contribution in [0.3, 0.4) is 0 Å².